The minimum Gasteiger partial charge on any atom is -0.408 e. The van der Waals surface area contributed by atoms with Crippen LogP contribution in [0.5, 0.6) is 0 Å². The van der Waals surface area contributed by atoms with Gasteiger partial charge < -0.3 is 14.2 Å². The molecule has 150 valence electrons. The molecule has 0 radical (unpaired) electrons. The Hall–Kier alpha value is -2.86. The van der Waals surface area contributed by atoms with Crippen LogP contribution in [0.15, 0.2) is 51.7 Å². The molecule has 2 aromatic carbocycles. The number of amides is 1. The number of rotatable bonds is 4. The molecule has 6 heteroatoms. The molecule has 6 nitrogen and oxygen atoms in total. The molecule has 0 bridgehead atoms. The van der Waals surface area contributed by atoms with Crippen LogP contribution in [0.2, 0.25) is 0 Å². The Morgan fingerprint density at radius 1 is 1.10 bits per heavy atom. The van der Waals surface area contributed by atoms with E-state index in [1.165, 1.54) is 24.0 Å². The fraction of sp³-hybridized carbons (Fsp3) is 0.391. The van der Waals surface area contributed by atoms with Gasteiger partial charge in [-0.15, -0.1) is 0 Å². The zero-order chi connectivity index (χ0) is 19.8. The molecular weight excluding hydrogens is 366 g/mol. The Kier molecular flexibility index (Phi) is 4.72. The second-order valence-electron chi connectivity index (χ2n) is 8.18. The van der Waals surface area contributed by atoms with Crippen LogP contribution < -0.4 is 5.76 Å². The standard InChI is InChI=1S/C23H25N3O3/c27-22(12-16-7-8-21-20(11-16)24-23(28)29-21)26-14-18-6-2-1-5-17(18)13-19(26)15-25-9-3-4-10-25/h1-2,5-8,11,19H,3-4,9-10,12-15H2,(H,24,28). The quantitative estimate of drug-likeness (QED) is 0.742. The molecule has 1 N–H and O–H groups in total. The van der Waals surface area contributed by atoms with Crippen LogP contribution in [0.1, 0.15) is 29.5 Å². The molecule has 1 fully saturated rings. The Labute approximate surface area is 169 Å². The van der Waals surface area contributed by atoms with E-state index in [4.69, 9.17) is 4.42 Å². The second kappa shape index (κ2) is 7.52. The first-order valence-corrected chi connectivity index (χ1v) is 10.4. The van der Waals surface area contributed by atoms with Crippen LogP contribution in [-0.4, -0.2) is 46.4 Å². The summed E-state index contributed by atoms with van der Waals surface area (Å²) < 4.78 is 5.06. The van der Waals surface area contributed by atoms with E-state index in [1.54, 1.807) is 6.07 Å². The van der Waals surface area contributed by atoms with E-state index < -0.39 is 5.76 Å². The molecular formula is C23H25N3O3. The number of oxazole rings is 1. The molecule has 0 saturated carbocycles. The number of carbonyl (C=O) groups is 1. The van der Waals surface area contributed by atoms with E-state index in [1.807, 2.05) is 18.2 Å². The highest BCUT2D eigenvalue weighted by molar-refractivity contribution is 5.81. The largest absolute Gasteiger partial charge is 0.417 e. The predicted molar refractivity (Wildman–Crippen MR) is 111 cm³/mol. The van der Waals surface area contributed by atoms with Gasteiger partial charge in [0.2, 0.25) is 5.91 Å². The van der Waals surface area contributed by atoms with Crippen LogP contribution in [0.25, 0.3) is 11.1 Å². The van der Waals surface area contributed by atoms with Crippen LogP contribution in [0.3, 0.4) is 0 Å². The maximum atomic E-state index is 13.3. The Bertz CT molecular complexity index is 1090. The van der Waals surface area contributed by atoms with Gasteiger partial charge in [0, 0.05) is 19.1 Å². The third-order valence-corrected chi connectivity index (χ3v) is 6.18. The molecule has 2 aliphatic heterocycles. The molecule has 1 saturated heterocycles. The van der Waals surface area contributed by atoms with Gasteiger partial charge in [-0.2, -0.15) is 0 Å². The first kappa shape index (κ1) is 18.2. The lowest BCUT2D eigenvalue weighted by Gasteiger charge is -2.39. The van der Waals surface area contributed by atoms with E-state index in [2.05, 4.69) is 33.0 Å². The molecule has 1 unspecified atom stereocenters. The summed E-state index contributed by atoms with van der Waals surface area (Å²) in [6.45, 7) is 3.86. The number of benzene rings is 2. The first-order chi connectivity index (χ1) is 14.2. The topological polar surface area (TPSA) is 69.5 Å². The molecule has 5 rings (SSSR count). The van der Waals surface area contributed by atoms with Crippen molar-refractivity contribution < 1.29 is 9.21 Å². The molecule has 3 heterocycles. The average Bonchev–Trinajstić information content (AvgIpc) is 3.35. The van der Waals surface area contributed by atoms with E-state index in [-0.39, 0.29) is 11.9 Å². The van der Waals surface area contributed by atoms with Gasteiger partial charge in [0.25, 0.3) is 0 Å². The molecule has 0 aliphatic carbocycles. The minimum atomic E-state index is -0.471. The number of likely N-dealkylation sites (tertiary alicyclic amines) is 1. The number of carbonyl (C=O) groups excluding carboxylic acids is 1. The summed E-state index contributed by atoms with van der Waals surface area (Å²) in [5, 5.41) is 0. The summed E-state index contributed by atoms with van der Waals surface area (Å²) in [5.74, 6) is -0.337. The smallest absolute Gasteiger partial charge is 0.408 e. The fourth-order valence-corrected chi connectivity index (χ4v) is 4.69. The Balaban J connectivity index is 1.38. The lowest BCUT2D eigenvalue weighted by molar-refractivity contribution is -0.134. The number of H-pyrrole nitrogens is 1. The average molecular weight is 391 g/mol. The van der Waals surface area contributed by atoms with Crippen molar-refractivity contribution in [1.82, 2.24) is 14.8 Å². The maximum Gasteiger partial charge on any atom is 0.417 e. The summed E-state index contributed by atoms with van der Waals surface area (Å²) in [6, 6.07) is 14.1. The Morgan fingerprint density at radius 2 is 1.90 bits per heavy atom. The number of aromatic nitrogens is 1. The summed E-state index contributed by atoms with van der Waals surface area (Å²) in [6.07, 6.45) is 3.73. The van der Waals surface area contributed by atoms with E-state index in [0.29, 0.717) is 24.1 Å². The number of fused-ring (bicyclic) bond motifs is 2. The van der Waals surface area contributed by atoms with Gasteiger partial charge in [-0.25, -0.2) is 4.79 Å². The number of aromatic amines is 1. The highest BCUT2D eigenvalue weighted by atomic mass is 16.4. The van der Waals surface area contributed by atoms with Crippen molar-refractivity contribution >= 4 is 17.0 Å². The predicted octanol–water partition coefficient (Wildman–Crippen LogP) is 2.71. The summed E-state index contributed by atoms with van der Waals surface area (Å²) >= 11 is 0. The van der Waals surface area contributed by atoms with Crippen molar-refractivity contribution in [3.63, 3.8) is 0 Å². The van der Waals surface area contributed by atoms with Crippen molar-refractivity contribution in [1.29, 1.82) is 0 Å². The van der Waals surface area contributed by atoms with Crippen molar-refractivity contribution in [2.24, 2.45) is 0 Å². The second-order valence-corrected chi connectivity index (χ2v) is 8.18. The van der Waals surface area contributed by atoms with Crippen molar-refractivity contribution in [3.8, 4) is 0 Å². The van der Waals surface area contributed by atoms with Gasteiger partial charge in [0.1, 0.15) is 0 Å². The van der Waals surface area contributed by atoms with Crippen molar-refractivity contribution in [2.75, 3.05) is 19.6 Å². The molecule has 3 aromatic rings. The van der Waals surface area contributed by atoms with Crippen molar-refractivity contribution in [3.05, 3.63) is 69.7 Å². The highest BCUT2D eigenvalue weighted by Gasteiger charge is 2.31. The van der Waals surface area contributed by atoms with E-state index >= 15 is 0 Å². The third-order valence-electron chi connectivity index (χ3n) is 6.18. The van der Waals surface area contributed by atoms with Gasteiger partial charge in [-0.05, 0) is 61.2 Å². The number of nitrogens with zero attached hydrogens (tertiary/aromatic N) is 2. The van der Waals surface area contributed by atoms with Crippen LogP contribution in [0, 0.1) is 0 Å². The van der Waals surface area contributed by atoms with Gasteiger partial charge in [0.15, 0.2) is 5.58 Å². The van der Waals surface area contributed by atoms with Gasteiger partial charge >= 0.3 is 5.76 Å². The minimum absolute atomic E-state index is 0.133. The molecule has 2 aliphatic rings. The van der Waals surface area contributed by atoms with Crippen LogP contribution in [0.4, 0.5) is 0 Å². The third kappa shape index (κ3) is 3.72. The highest BCUT2D eigenvalue weighted by Crippen LogP contribution is 2.26. The summed E-state index contributed by atoms with van der Waals surface area (Å²) in [5.41, 5.74) is 4.65. The maximum absolute atomic E-state index is 13.3. The zero-order valence-electron chi connectivity index (χ0n) is 16.4. The van der Waals surface area contributed by atoms with Crippen LogP contribution in [-0.2, 0) is 24.2 Å². The monoisotopic (exact) mass is 391 g/mol. The van der Waals surface area contributed by atoms with Crippen molar-refractivity contribution in [2.45, 2.75) is 38.3 Å². The van der Waals surface area contributed by atoms with Gasteiger partial charge in [-0.1, -0.05) is 30.3 Å². The molecule has 1 amide bonds. The SMILES string of the molecule is O=C(Cc1ccc2oc(=O)[nH]c2c1)N1Cc2ccccc2CC1CN1CCCC1. The lowest BCUT2D eigenvalue weighted by Crippen LogP contribution is -2.50. The normalized spacial score (nSPS) is 19.6. The van der Waals surface area contributed by atoms with Gasteiger partial charge in [0.05, 0.1) is 11.9 Å². The molecule has 1 atom stereocenters. The van der Waals surface area contributed by atoms with E-state index in [0.717, 1.165) is 31.6 Å². The van der Waals surface area contributed by atoms with Gasteiger partial charge in [-0.3, -0.25) is 9.78 Å². The summed E-state index contributed by atoms with van der Waals surface area (Å²) in [4.78, 5) is 31.9. The van der Waals surface area contributed by atoms with Crippen LogP contribution >= 0.6 is 0 Å². The zero-order valence-corrected chi connectivity index (χ0v) is 16.4. The van der Waals surface area contributed by atoms with E-state index in [9.17, 15) is 9.59 Å². The summed E-state index contributed by atoms with van der Waals surface area (Å²) in [7, 11) is 0. The molecule has 29 heavy (non-hydrogen) atoms. The fourth-order valence-electron chi connectivity index (χ4n) is 4.69. The Morgan fingerprint density at radius 3 is 2.72 bits per heavy atom. The first-order valence-electron chi connectivity index (χ1n) is 10.4. The number of nitrogens with one attached hydrogen (secondary N) is 1. The number of hydrogen-bond acceptors (Lipinski definition) is 4. The number of hydrogen-bond donors (Lipinski definition) is 1. The molecule has 0 spiro atoms. The molecule has 1 aromatic heterocycles. The lowest BCUT2D eigenvalue weighted by atomic mass is 9.93.